The SMILES string of the molecule is [2H]c1c([2H])c(-c2ccc3c(c2)sc2ccccc23)c2c(sc3c([2H])c(-c4nc(-c5ccc(-c6ccccc6)cc5)nc(-c5ccc6sc7ccccc7c6c5)n4)c([2H])c([2H])c32)c1[2H]. The Labute approximate surface area is 348 Å². The Kier molecular flexibility index (Phi) is 6.18. The summed E-state index contributed by atoms with van der Waals surface area (Å²) in [6.07, 6.45) is 0. The van der Waals surface area contributed by atoms with E-state index in [-0.39, 0.29) is 47.6 Å². The van der Waals surface area contributed by atoms with Gasteiger partial charge in [-0.3, -0.25) is 0 Å². The second kappa shape index (κ2) is 13.0. The van der Waals surface area contributed by atoms with Crippen LogP contribution in [0.1, 0.15) is 8.22 Å². The molecule has 57 heavy (non-hydrogen) atoms. The van der Waals surface area contributed by atoms with Crippen LogP contribution in [0.3, 0.4) is 0 Å². The van der Waals surface area contributed by atoms with E-state index in [9.17, 15) is 5.48 Å². The summed E-state index contributed by atoms with van der Waals surface area (Å²) in [5.74, 6) is 0.812. The lowest BCUT2D eigenvalue weighted by Gasteiger charge is -2.10. The van der Waals surface area contributed by atoms with E-state index in [1.54, 1.807) is 22.7 Å². The monoisotopic (exact) mass is 785 g/mol. The zero-order chi connectivity index (χ0) is 42.7. The molecule has 266 valence electrons. The van der Waals surface area contributed by atoms with Gasteiger partial charge in [-0.15, -0.1) is 34.0 Å². The van der Waals surface area contributed by atoms with E-state index in [4.69, 9.17) is 17.7 Å². The van der Waals surface area contributed by atoms with Gasteiger partial charge in [0.1, 0.15) is 0 Å². The molecule has 6 heteroatoms. The van der Waals surface area contributed by atoms with Crippen LogP contribution in [0, 0.1) is 0 Å². The Hall–Kier alpha value is -6.57. The first-order chi connectivity index (χ1) is 30.7. The van der Waals surface area contributed by atoms with Crippen molar-refractivity contribution in [2.75, 3.05) is 0 Å². The summed E-state index contributed by atoms with van der Waals surface area (Å²) >= 11 is 4.50. The maximum absolute atomic E-state index is 9.78. The Morgan fingerprint density at radius 1 is 0.351 bits per heavy atom. The normalized spacial score (nSPS) is 13.3. The Bertz CT molecular complexity index is 3880. The molecule has 0 saturated heterocycles. The maximum atomic E-state index is 9.78. The predicted octanol–water partition coefficient (Wildman–Crippen LogP) is 15.3. The Morgan fingerprint density at radius 3 is 1.74 bits per heavy atom. The van der Waals surface area contributed by atoms with Gasteiger partial charge in [0, 0.05) is 77.2 Å². The molecule has 0 unspecified atom stereocenters. The Morgan fingerprint density at radius 2 is 0.930 bits per heavy atom. The molecular formula is C51H29N3S3. The first-order valence-corrected chi connectivity index (χ1v) is 20.9. The standard InChI is InChI=1S/C51H29N3S3/c1-2-9-30(10-3-1)31-17-19-32(20-18-31)49-52-50(34-23-26-44-41(27-34)38-12-5-7-15-43(38)55-44)54-51(53-49)35-22-25-40-47(29-35)57-45-16-8-13-36(48(40)45)33-21-24-39-37-11-4-6-14-42(37)56-46(39)28-33/h1-29H/i8D,13D,16D,22D,25D,29D. The topological polar surface area (TPSA) is 38.7 Å². The van der Waals surface area contributed by atoms with Crippen LogP contribution >= 0.6 is 34.0 Å². The van der Waals surface area contributed by atoms with Gasteiger partial charge < -0.3 is 0 Å². The van der Waals surface area contributed by atoms with Crippen molar-refractivity contribution in [3.05, 3.63) is 176 Å². The van der Waals surface area contributed by atoms with Gasteiger partial charge >= 0.3 is 0 Å². The first kappa shape index (κ1) is 27.1. The van der Waals surface area contributed by atoms with Crippen LogP contribution in [0.2, 0.25) is 0 Å². The van der Waals surface area contributed by atoms with Gasteiger partial charge in [-0.2, -0.15) is 0 Å². The summed E-state index contributed by atoms with van der Waals surface area (Å²) in [7, 11) is 0. The van der Waals surface area contributed by atoms with Crippen molar-refractivity contribution < 1.29 is 8.22 Å². The number of aromatic nitrogens is 3. The van der Waals surface area contributed by atoms with Crippen LogP contribution in [0.25, 0.3) is 117 Å². The third-order valence-electron chi connectivity index (χ3n) is 10.5. The molecule has 0 atom stereocenters. The fraction of sp³-hybridized carbons (Fsp3) is 0. The minimum absolute atomic E-state index is 0.0580. The smallest absolute Gasteiger partial charge is 0.164 e. The molecular weight excluding hydrogens is 751 g/mol. The molecule has 12 aromatic rings. The number of benzene rings is 8. The molecule has 8 aromatic carbocycles. The summed E-state index contributed by atoms with van der Waals surface area (Å²) < 4.78 is 61.4. The Balaban J connectivity index is 1.08. The van der Waals surface area contributed by atoms with E-state index >= 15 is 0 Å². The summed E-state index contributed by atoms with van der Waals surface area (Å²) in [5.41, 5.74) is 4.74. The molecule has 0 amide bonds. The van der Waals surface area contributed by atoms with Crippen molar-refractivity contribution in [3.8, 4) is 56.4 Å². The van der Waals surface area contributed by atoms with Crippen LogP contribution in [-0.4, -0.2) is 15.0 Å². The largest absolute Gasteiger partial charge is 0.208 e. The molecule has 0 aliphatic heterocycles. The fourth-order valence-corrected chi connectivity index (χ4v) is 11.0. The summed E-state index contributed by atoms with van der Waals surface area (Å²) in [6, 6.07) is 45.6. The van der Waals surface area contributed by atoms with Gasteiger partial charge in [0.25, 0.3) is 0 Å². The number of hydrogen-bond donors (Lipinski definition) is 0. The van der Waals surface area contributed by atoms with Crippen LogP contribution < -0.4 is 0 Å². The number of rotatable bonds is 5. The van der Waals surface area contributed by atoms with Crippen molar-refractivity contribution >= 4 is 94.5 Å². The molecule has 0 fully saturated rings. The van der Waals surface area contributed by atoms with Crippen molar-refractivity contribution in [1.29, 1.82) is 0 Å². The fourth-order valence-electron chi connectivity index (χ4n) is 7.71. The van der Waals surface area contributed by atoms with Gasteiger partial charge in [-0.25, -0.2) is 15.0 Å². The van der Waals surface area contributed by atoms with Crippen molar-refractivity contribution in [1.82, 2.24) is 15.0 Å². The molecule has 0 aliphatic rings. The highest BCUT2D eigenvalue weighted by Gasteiger charge is 2.17. The molecule has 12 rings (SSSR count). The van der Waals surface area contributed by atoms with Crippen LogP contribution in [0.4, 0.5) is 0 Å². The molecule has 0 bridgehead atoms. The number of hydrogen-bond acceptors (Lipinski definition) is 6. The highest BCUT2D eigenvalue weighted by Crippen LogP contribution is 2.44. The van der Waals surface area contributed by atoms with Crippen LogP contribution in [0.15, 0.2) is 176 Å². The zero-order valence-corrected chi connectivity index (χ0v) is 32.3. The van der Waals surface area contributed by atoms with Gasteiger partial charge in [0.15, 0.2) is 17.5 Å². The quantitative estimate of drug-likeness (QED) is 0.174. The molecule has 0 saturated carbocycles. The summed E-state index contributed by atoms with van der Waals surface area (Å²) in [5, 5.41) is 5.17. The molecule has 4 aromatic heterocycles. The minimum Gasteiger partial charge on any atom is -0.208 e. The van der Waals surface area contributed by atoms with Crippen molar-refractivity contribution in [2.45, 2.75) is 0 Å². The first-order valence-electron chi connectivity index (χ1n) is 21.4. The molecule has 4 heterocycles. The minimum atomic E-state index is -0.243. The molecule has 0 aliphatic carbocycles. The second-order valence-electron chi connectivity index (χ2n) is 13.9. The second-order valence-corrected chi connectivity index (χ2v) is 17.1. The average molecular weight is 786 g/mol. The van der Waals surface area contributed by atoms with Crippen LogP contribution in [-0.2, 0) is 0 Å². The molecule has 0 N–H and O–H groups in total. The van der Waals surface area contributed by atoms with Gasteiger partial charge in [-0.05, 0) is 70.7 Å². The molecule has 0 radical (unpaired) electrons. The highest BCUT2D eigenvalue weighted by molar-refractivity contribution is 7.26. The van der Waals surface area contributed by atoms with E-state index in [2.05, 4.69) is 48.5 Å². The number of fused-ring (bicyclic) bond motifs is 9. The highest BCUT2D eigenvalue weighted by atomic mass is 32.1. The lowest BCUT2D eigenvalue weighted by Crippen LogP contribution is -2.00. The van der Waals surface area contributed by atoms with Gasteiger partial charge in [-0.1, -0.05) is 127 Å². The van der Waals surface area contributed by atoms with Crippen LogP contribution in [0.5, 0.6) is 0 Å². The van der Waals surface area contributed by atoms with Gasteiger partial charge in [0.05, 0.1) is 8.22 Å². The van der Waals surface area contributed by atoms with Gasteiger partial charge in [0.2, 0.25) is 0 Å². The van der Waals surface area contributed by atoms with E-state index in [0.717, 1.165) is 69.2 Å². The molecule has 0 spiro atoms. The predicted molar refractivity (Wildman–Crippen MR) is 246 cm³/mol. The number of nitrogens with zero attached hydrogens (tertiary/aromatic N) is 3. The van der Waals surface area contributed by atoms with E-state index in [1.807, 2.05) is 91.0 Å². The van der Waals surface area contributed by atoms with E-state index in [0.29, 0.717) is 42.9 Å². The van der Waals surface area contributed by atoms with E-state index < -0.39 is 0 Å². The zero-order valence-electron chi connectivity index (χ0n) is 35.8. The lowest BCUT2D eigenvalue weighted by molar-refractivity contribution is 1.08. The van der Waals surface area contributed by atoms with E-state index in [1.165, 1.54) is 4.70 Å². The number of thiophene rings is 3. The average Bonchev–Trinajstić information content (AvgIpc) is 4.02. The third-order valence-corrected chi connectivity index (χ3v) is 13.8. The third kappa shape index (κ3) is 5.48. The summed E-state index contributed by atoms with van der Waals surface area (Å²) in [4.78, 5) is 14.9. The van der Waals surface area contributed by atoms with Crippen molar-refractivity contribution in [2.24, 2.45) is 0 Å². The maximum Gasteiger partial charge on any atom is 0.164 e. The lowest BCUT2D eigenvalue weighted by atomic mass is 9.98. The molecule has 3 nitrogen and oxygen atoms in total. The summed E-state index contributed by atoms with van der Waals surface area (Å²) in [6.45, 7) is 0. The van der Waals surface area contributed by atoms with Crippen molar-refractivity contribution in [3.63, 3.8) is 0 Å².